The van der Waals surface area contributed by atoms with Crippen LogP contribution in [0.25, 0.3) is 0 Å². The lowest BCUT2D eigenvalue weighted by Crippen LogP contribution is -2.40. The second kappa shape index (κ2) is 8.11. The van der Waals surface area contributed by atoms with Crippen molar-refractivity contribution in [2.24, 2.45) is 0 Å². The summed E-state index contributed by atoms with van der Waals surface area (Å²) in [5.41, 5.74) is 0.504. The van der Waals surface area contributed by atoms with Crippen molar-refractivity contribution in [2.75, 3.05) is 25.0 Å². The highest BCUT2D eigenvalue weighted by molar-refractivity contribution is 5.92. The maximum Gasteiger partial charge on any atom is 0.272 e. The lowest BCUT2D eigenvalue weighted by atomic mass is 10.0. The van der Waals surface area contributed by atoms with Crippen molar-refractivity contribution in [3.63, 3.8) is 0 Å². The lowest BCUT2D eigenvalue weighted by Gasteiger charge is -2.35. The Bertz CT molecular complexity index is 491. The molecule has 1 saturated heterocycles. The molecule has 5 heteroatoms. The topological polar surface area (TPSA) is 49.3 Å². The fourth-order valence-electron chi connectivity index (χ4n) is 2.99. The monoisotopic (exact) mass is 304 g/mol. The maximum absolute atomic E-state index is 12.5. The van der Waals surface area contributed by atoms with Crippen LogP contribution in [0.15, 0.2) is 12.3 Å². The summed E-state index contributed by atoms with van der Waals surface area (Å²) in [4.78, 5) is 25.4. The van der Waals surface area contributed by atoms with E-state index in [0.29, 0.717) is 17.7 Å². The smallest absolute Gasteiger partial charge is 0.272 e. The molecule has 1 aromatic heterocycles. The largest absolute Gasteiger partial charge is 0.340 e. The summed E-state index contributed by atoms with van der Waals surface area (Å²) >= 11 is 0. The molecule has 0 bridgehead atoms. The third-order valence-electron chi connectivity index (χ3n) is 4.41. The molecule has 122 valence electrons. The number of rotatable bonds is 6. The Morgan fingerprint density at radius 3 is 2.95 bits per heavy atom. The first-order chi connectivity index (χ1) is 10.7. The third-order valence-corrected chi connectivity index (χ3v) is 4.41. The minimum absolute atomic E-state index is 0.0119. The van der Waals surface area contributed by atoms with Crippen LogP contribution >= 0.6 is 0 Å². The van der Waals surface area contributed by atoms with Gasteiger partial charge in [-0.3, -0.25) is 4.79 Å². The Labute approximate surface area is 133 Å². The van der Waals surface area contributed by atoms with Crippen LogP contribution in [0.3, 0.4) is 0 Å². The molecular formula is C17H28N4O. The van der Waals surface area contributed by atoms with Crippen LogP contribution in [0.1, 0.15) is 62.9 Å². The number of amides is 1. The molecule has 2 heterocycles. The summed E-state index contributed by atoms with van der Waals surface area (Å²) < 4.78 is 0. The number of carbonyl (C=O) groups is 1. The standard InChI is InChI=1S/C17H28N4O/c1-4-6-12-20(3)16(22)15-10-11-18-17(19-15)21-13-8-7-9-14(21)5-2/h10-11,14H,4-9,12-13H2,1-3H3. The van der Waals surface area contributed by atoms with Crippen molar-refractivity contribution in [3.8, 4) is 0 Å². The van der Waals surface area contributed by atoms with Crippen molar-refractivity contribution < 1.29 is 4.79 Å². The van der Waals surface area contributed by atoms with Gasteiger partial charge in [-0.2, -0.15) is 0 Å². The van der Waals surface area contributed by atoms with Crippen molar-refractivity contribution >= 4 is 11.9 Å². The molecule has 0 radical (unpaired) electrons. The summed E-state index contributed by atoms with van der Waals surface area (Å²) in [6.45, 7) is 6.09. The average molecular weight is 304 g/mol. The molecule has 0 aliphatic carbocycles. The molecule has 1 amide bonds. The molecule has 1 aromatic rings. The van der Waals surface area contributed by atoms with Crippen molar-refractivity contribution in [2.45, 2.75) is 58.4 Å². The number of piperidine rings is 1. The SMILES string of the molecule is CCCCN(C)C(=O)c1ccnc(N2CCCCC2CC)n1. The highest BCUT2D eigenvalue weighted by atomic mass is 16.2. The van der Waals surface area contributed by atoms with Gasteiger partial charge in [0.05, 0.1) is 0 Å². The van der Waals surface area contributed by atoms with E-state index in [1.54, 1.807) is 17.2 Å². The zero-order valence-electron chi connectivity index (χ0n) is 14.1. The molecule has 1 aliphatic rings. The predicted octanol–water partition coefficient (Wildman–Crippen LogP) is 3.12. The molecular weight excluding hydrogens is 276 g/mol. The highest BCUT2D eigenvalue weighted by Crippen LogP contribution is 2.23. The van der Waals surface area contributed by atoms with Crippen LogP contribution < -0.4 is 4.90 Å². The molecule has 0 spiro atoms. The number of hydrogen-bond donors (Lipinski definition) is 0. The van der Waals surface area contributed by atoms with Gasteiger partial charge in [0.1, 0.15) is 5.69 Å². The van der Waals surface area contributed by atoms with Gasteiger partial charge >= 0.3 is 0 Å². The second-order valence-electron chi connectivity index (χ2n) is 6.07. The normalized spacial score (nSPS) is 18.3. The van der Waals surface area contributed by atoms with Crippen molar-refractivity contribution in [3.05, 3.63) is 18.0 Å². The van der Waals surface area contributed by atoms with Gasteiger partial charge in [0.2, 0.25) is 5.95 Å². The molecule has 2 rings (SSSR count). The highest BCUT2D eigenvalue weighted by Gasteiger charge is 2.24. The molecule has 5 nitrogen and oxygen atoms in total. The summed E-state index contributed by atoms with van der Waals surface area (Å²) in [5.74, 6) is 0.698. The summed E-state index contributed by atoms with van der Waals surface area (Å²) in [6.07, 6.45) is 8.54. The first kappa shape index (κ1) is 16.7. The van der Waals surface area contributed by atoms with E-state index in [2.05, 4.69) is 28.7 Å². The molecule has 1 fully saturated rings. The number of nitrogens with zero attached hydrogens (tertiary/aromatic N) is 4. The quantitative estimate of drug-likeness (QED) is 0.810. The van der Waals surface area contributed by atoms with E-state index < -0.39 is 0 Å². The van der Waals surface area contributed by atoms with Crippen LogP contribution in [0.2, 0.25) is 0 Å². The van der Waals surface area contributed by atoms with Gasteiger partial charge in [0.15, 0.2) is 0 Å². The van der Waals surface area contributed by atoms with Crippen LogP contribution in [-0.4, -0.2) is 47.0 Å². The number of carbonyl (C=O) groups excluding carboxylic acids is 1. The van der Waals surface area contributed by atoms with E-state index in [4.69, 9.17) is 0 Å². The molecule has 1 unspecified atom stereocenters. The van der Waals surface area contributed by atoms with Gasteiger partial charge in [-0.05, 0) is 38.2 Å². The Balaban J connectivity index is 2.13. The van der Waals surface area contributed by atoms with Gasteiger partial charge in [-0.15, -0.1) is 0 Å². The Morgan fingerprint density at radius 1 is 1.41 bits per heavy atom. The minimum Gasteiger partial charge on any atom is -0.340 e. The van der Waals surface area contributed by atoms with Crippen LogP contribution in [-0.2, 0) is 0 Å². The number of anilines is 1. The van der Waals surface area contributed by atoms with Gasteiger partial charge in [0.25, 0.3) is 5.91 Å². The number of aromatic nitrogens is 2. The predicted molar refractivity (Wildman–Crippen MR) is 89.2 cm³/mol. The minimum atomic E-state index is -0.0119. The average Bonchev–Trinajstić information content (AvgIpc) is 2.59. The summed E-state index contributed by atoms with van der Waals surface area (Å²) in [5, 5.41) is 0. The van der Waals surface area contributed by atoms with Gasteiger partial charge in [-0.25, -0.2) is 9.97 Å². The first-order valence-electron chi connectivity index (χ1n) is 8.52. The van der Waals surface area contributed by atoms with E-state index in [-0.39, 0.29) is 5.91 Å². The first-order valence-corrected chi connectivity index (χ1v) is 8.52. The van der Waals surface area contributed by atoms with Crippen LogP contribution in [0, 0.1) is 0 Å². The second-order valence-corrected chi connectivity index (χ2v) is 6.07. The van der Waals surface area contributed by atoms with Crippen LogP contribution in [0.4, 0.5) is 5.95 Å². The summed E-state index contributed by atoms with van der Waals surface area (Å²) in [6, 6.07) is 2.22. The van der Waals surface area contributed by atoms with Gasteiger partial charge < -0.3 is 9.80 Å². The molecule has 0 saturated carbocycles. The Hall–Kier alpha value is -1.65. The van der Waals surface area contributed by atoms with Gasteiger partial charge in [0, 0.05) is 32.4 Å². The molecule has 0 aromatic carbocycles. The molecule has 1 aliphatic heterocycles. The zero-order valence-corrected chi connectivity index (χ0v) is 14.1. The Kier molecular flexibility index (Phi) is 6.16. The molecule has 0 N–H and O–H groups in total. The van der Waals surface area contributed by atoms with E-state index in [1.165, 1.54) is 19.3 Å². The Morgan fingerprint density at radius 2 is 2.23 bits per heavy atom. The van der Waals surface area contributed by atoms with E-state index in [1.807, 2.05) is 7.05 Å². The molecule has 1 atom stereocenters. The third kappa shape index (κ3) is 3.96. The van der Waals surface area contributed by atoms with Gasteiger partial charge in [-0.1, -0.05) is 20.3 Å². The maximum atomic E-state index is 12.5. The van der Waals surface area contributed by atoms with Crippen molar-refractivity contribution in [1.29, 1.82) is 0 Å². The van der Waals surface area contributed by atoms with E-state index >= 15 is 0 Å². The lowest BCUT2D eigenvalue weighted by molar-refractivity contribution is 0.0787. The fraction of sp³-hybridized carbons (Fsp3) is 0.706. The number of unbranched alkanes of at least 4 members (excludes halogenated alkanes) is 1. The fourth-order valence-corrected chi connectivity index (χ4v) is 2.99. The summed E-state index contributed by atoms with van der Waals surface area (Å²) in [7, 11) is 1.84. The van der Waals surface area contributed by atoms with E-state index in [9.17, 15) is 4.79 Å². The van der Waals surface area contributed by atoms with Crippen LogP contribution in [0.5, 0.6) is 0 Å². The zero-order chi connectivity index (χ0) is 15.9. The van der Waals surface area contributed by atoms with Crippen molar-refractivity contribution in [1.82, 2.24) is 14.9 Å². The molecule has 22 heavy (non-hydrogen) atoms. The van der Waals surface area contributed by atoms with E-state index in [0.717, 1.165) is 32.4 Å². The number of hydrogen-bond acceptors (Lipinski definition) is 4.